The topological polar surface area (TPSA) is 113 Å². The molecule has 0 spiro atoms. The number of hydrogen-bond acceptors (Lipinski definition) is 5. The highest BCUT2D eigenvalue weighted by molar-refractivity contribution is 5.74. The molecule has 0 aliphatic rings. The Labute approximate surface area is 207 Å². The molecule has 0 aliphatic carbocycles. The number of nitrogens with two attached hydrogens (primary N) is 4. The molecule has 0 aromatic heterocycles. The van der Waals surface area contributed by atoms with E-state index in [9.17, 15) is 0 Å². The van der Waals surface area contributed by atoms with Crippen LogP contribution in [0.4, 0.5) is 22.7 Å². The Kier molecular flexibility index (Phi) is 6.99. The molecule has 1 unspecified atom stereocenters. The molecule has 5 nitrogen and oxygen atoms in total. The molecule has 5 heteroatoms. The van der Waals surface area contributed by atoms with Gasteiger partial charge in [-0.25, -0.2) is 0 Å². The molecule has 0 saturated carbocycles. The van der Waals surface area contributed by atoms with Crippen molar-refractivity contribution in [2.45, 2.75) is 32.3 Å². The van der Waals surface area contributed by atoms with Crippen molar-refractivity contribution in [3.05, 3.63) is 96.1 Å². The molecular weight excluding hydrogens is 432 g/mol. The predicted octanol–water partition coefficient (Wildman–Crippen LogP) is 6.23. The van der Waals surface area contributed by atoms with E-state index in [0.717, 1.165) is 51.2 Å². The molecule has 0 fully saturated rings. The zero-order chi connectivity index (χ0) is 25.0. The lowest BCUT2D eigenvalue weighted by Gasteiger charge is -2.36. The van der Waals surface area contributed by atoms with Crippen molar-refractivity contribution in [3.63, 3.8) is 0 Å². The van der Waals surface area contributed by atoms with Gasteiger partial charge in [0.1, 0.15) is 0 Å². The van der Waals surface area contributed by atoms with Crippen LogP contribution >= 0.6 is 0 Å². The fraction of sp³-hybridized carbons (Fsp3) is 0.200. The summed E-state index contributed by atoms with van der Waals surface area (Å²) in [5.41, 5.74) is 33.2. The van der Waals surface area contributed by atoms with Crippen LogP contribution in [0.5, 0.6) is 0 Å². The second-order valence-electron chi connectivity index (χ2n) is 8.92. The second kappa shape index (κ2) is 10.1. The fourth-order valence-corrected chi connectivity index (χ4v) is 4.78. The van der Waals surface area contributed by atoms with Crippen molar-refractivity contribution in [3.8, 4) is 22.3 Å². The minimum atomic E-state index is -0.614. The van der Waals surface area contributed by atoms with Gasteiger partial charge in [-0.1, -0.05) is 43.3 Å². The highest BCUT2D eigenvalue weighted by Crippen LogP contribution is 2.42. The molecule has 1 atom stereocenters. The lowest BCUT2D eigenvalue weighted by atomic mass is 9.79. The van der Waals surface area contributed by atoms with Gasteiger partial charge in [0.25, 0.3) is 0 Å². The Morgan fingerprint density at radius 3 is 1.63 bits per heavy atom. The Bertz CT molecular complexity index is 1300. The van der Waals surface area contributed by atoms with Crippen LogP contribution in [0.1, 0.15) is 31.4 Å². The summed E-state index contributed by atoms with van der Waals surface area (Å²) < 4.78 is 6.62. The van der Waals surface area contributed by atoms with Crippen molar-refractivity contribution in [2.24, 2.45) is 0 Å². The number of hydrogen-bond donors (Lipinski definition) is 4. The molecule has 0 aliphatic heterocycles. The minimum absolute atomic E-state index is 0.559. The van der Waals surface area contributed by atoms with E-state index < -0.39 is 5.60 Å². The molecule has 8 N–H and O–H groups in total. The van der Waals surface area contributed by atoms with E-state index in [1.165, 1.54) is 0 Å². The predicted molar refractivity (Wildman–Crippen MR) is 149 cm³/mol. The van der Waals surface area contributed by atoms with Gasteiger partial charge in [0.2, 0.25) is 0 Å². The molecule has 0 heterocycles. The summed E-state index contributed by atoms with van der Waals surface area (Å²) in [5, 5.41) is 0. The summed E-state index contributed by atoms with van der Waals surface area (Å²) in [6, 6.07) is 27.9. The number of nitrogen functional groups attached to an aromatic ring is 4. The largest absolute Gasteiger partial charge is 0.399 e. The average Bonchev–Trinajstić information content (AvgIpc) is 2.85. The standard InChI is InChI=1S/C30H34N4O/c1-3-30(35-4-2,29-18-26(34)14-16-28(29)21-7-11-24(32)12-8-21)19-22-17-25(33)13-15-27(22)20-5-9-23(31)10-6-20/h5-18H,3-4,19,31-34H2,1-2H3. The fourth-order valence-electron chi connectivity index (χ4n) is 4.78. The molecule has 180 valence electrons. The SMILES string of the molecule is CCOC(CC)(Cc1cc(N)ccc1-c1ccc(N)cc1)c1cc(N)ccc1-c1ccc(N)cc1. The first-order valence-corrected chi connectivity index (χ1v) is 12.0. The monoisotopic (exact) mass is 466 g/mol. The first-order chi connectivity index (χ1) is 16.8. The smallest absolute Gasteiger partial charge is 0.0975 e. The van der Waals surface area contributed by atoms with Crippen LogP contribution in [0, 0.1) is 0 Å². The molecule has 0 saturated heterocycles. The Morgan fingerprint density at radius 2 is 1.09 bits per heavy atom. The summed E-state index contributed by atoms with van der Waals surface area (Å²) in [5.74, 6) is 0. The summed E-state index contributed by atoms with van der Waals surface area (Å²) in [4.78, 5) is 0. The molecule has 35 heavy (non-hydrogen) atoms. The lowest BCUT2D eigenvalue weighted by molar-refractivity contribution is -0.0468. The van der Waals surface area contributed by atoms with E-state index >= 15 is 0 Å². The summed E-state index contributed by atoms with van der Waals surface area (Å²) in [7, 11) is 0. The molecule has 0 amide bonds. The Morgan fingerprint density at radius 1 is 0.600 bits per heavy atom. The van der Waals surface area contributed by atoms with Gasteiger partial charge < -0.3 is 27.7 Å². The van der Waals surface area contributed by atoms with E-state index in [2.05, 4.69) is 19.1 Å². The van der Waals surface area contributed by atoms with Gasteiger partial charge in [0.05, 0.1) is 5.60 Å². The highest BCUT2D eigenvalue weighted by atomic mass is 16.5. The molecule has 4 aromatic rings. The molecule has 0 bridgehead atoms. The zero-order valence-corrected chi connectivity index (χ0v) is 20.4. The lowest BCUT2D eigenvalue weighted by Crippen LogP contribution is -2.33. The third-order valence-corrected chi connectivity index (χ3v) is 6.57. The summed E-state index contributed by atoms with van der Waals surface area (Å²) >= 11 is 0. The van der Waals surface area contributed by atoms with Crippen LogP contribution in [0.3, 0.4) is 0 Å². The van der Waals surface area contributed by atoms with Crippen molar-refractivity contribution in [1.82, 2.24) is 0 Å². The average molecular weight is 467 g/mol. The van der Waals surface area contributed by atoms with Gasteiger partial charge in [-0.2, -0.15) is 0 Å². The number of benzene rings is 4. The van der Waals surface area contributed by atoms with Crippen LogP contribution in [0.15, 0.2) is 84.9 Å². The van der Waals surface area contributed by atoms with Crippen LogP contribution in [0.25, 0.3) is 22.3 Å². The normalized spacial score (nSPS) is 12.9. The van der Waals surface area contributed by atoms with Crippen molar-refractivity contribution >= 4 is 22.7 Å². The quantitative estimate of drug-likeness (QED) is 0.230. The van der Waals surface area contributed by atoms with Crippen LogP contribution in [0.2, 0.25) is 0 Å². The van der Waals surface area contributed by atoms with Crippen LogP contribution in [-0.2, 0) is 16.8 Å². The number of anilines is 4. The zero-order valence-electron chi connectivity index (χ0n) is 20.4. The molecule has 4 rings (SSSR count). The van der Waals surface area contributed by atoms with Crippen molar-refractivity contribution in [2.75, 3.05) is 29.5 Å². The maximum atomic E-state index is 6.62. The summed E-state index contributed by atoms with van der Waals surface area (Å²) in [6.07, 6.45) is 1.38. The van der Waals surface area contributed by atoms with Crippen molar-refractivity contribution in [1.29, 1.82) is 0 Å². The molecule has 4 aromatic carbocycles. The van der Waals surface area contributed by atoms with E-state index in [0.29, 0.717) is 24.4 Å². The van der Waals surface area contributed by atoms with Crippen LogP contribution in [-0.4, -0.2) is 6.61 Å². The van der Waals surface area contributed by atoms with E-state index in [-0.39, 0.29) is 0 Å². The van der Waals surface area contributed by atoms with Gasteiger partial charge >= 0.3 is 0 Å². The first-order valence-electron chi connectivity index (χ1n) is 12.0. The van der Waals surface area contributed by atoms with E-state index in [1.54, 1.807) is 0 Å². The third kappa shape index (κ3) is 5.10. The highest BCUT2D eigenvalue weighted by Gasteiger charge is 2.35. The number of ether oxygens (including phenoxy) is 1. The number of rotatable bonds is 8. The Balaban J connectivity index is 1.89. The van der Waals surface area contributed by atoms with Gasteiger partial charge in [0.15, 0.2) is 0 Å². The second-order valence-corrected chi connectivity index (χ2v) is 8.92. The maximum Gasteiger partial charge on any atom is 0.0975 e. The van der Waals surface area contributed by atoms with E-state index in [4.69, 9.17) is 27.7 Å². The maximum absolute atomic E-state index is 6.62. The summed E-state index contributed by atoms with van der Waals surface area (Å²) in [6.45, 7) is 4.74. The third-order valence-electron chi connectivity index (χ3n) is 6.57. The molecular formula is C30H34N4O. The molecule has 0 radical (unpaired) electrons. The van der Waals surface area contributed by atoms with Gasteiger partial charge in [-0.05, 0) is 95.3 Å². The van der Waals surface area contributed by atoms with Gasteiger partial charge in [0, 0.05) is 35.8 Å². The van der Waals surface area contributed by atoms with E-state index in [1.807, 2.05) is 79.7 Å². The van der Waals surface area contributed by atoms with Gasteiger partial charge in [-0.15, -0.1) is 0 Å². The minimum Gasteiger partial charge on any atom is -0.399 e. The van der Waals surface area contributed by atoms with Gasteiger partial charge in [-0.3, -0.25) is 0 Å². The first kappa shape index (κ1) is 24.2. The van der Waals surface area contributed by atoms with Crippen LogP contribution < -0.4 is 22.9 Å². The Hall–Kier alpha value is -3.96. The van der Waals surface area contributed by atoms with Crippen molar-refractivity contribution < 1.29 is 4.74 Å².